The molecule has 1 aromatic rings. The molecule has 1 saturated carbocycles. The monoisotopic (exact) mass is 695 g/mol. The van der Waals surface area contributed by atoms with E-state index in [9.17, 15) is 36.5 Å². The van der Waals surface area contributed by atoms with Gasteiger partial charge in [-0.2, -0.15) is 13.2 Å². The van der Waals surface area contributed by atoms with Gasteiger partial charge in [-0.25, -0.2) is 15.0 Å². The van der Waals surface area contributed by atoms with Gasteiger partial charge in [0.05, 0.1) is 28.8 Å². The summed E-state index contributed by atoms with van der Waals surface area (Å²) in [4.78, 5) is 43.5. The van der Waals surface area contributed by atoms with Crippen LogP contribution in [0.15, 0.2) is 23.5 Å². The molecule has 4 rings (SSSR count). The van der Waals surface area contributed by atoms with E-state index in [-0.39, 0.29) is 28.9 Å². The lowest BCUT2D eigenvalue weighted by molar-refractivity contribution is -0.203. The summed E-state index contributed by atoms with van der Waals surface area (Å²) in [6, 6.07) is 2.50. The molecular formula is C31H43ClF5N5O5. The van der Waals surface area contributed by atoms with Crippen molar-refractivity contribution in [1.82, 2.24) is 14.8 Å². The minimum Gasteiger partial charge on any atom is -0.487 e. The first-order valence-corrected chi connectivity index (χ1v) is 15.8. The molecule has 4 N–H and O–H groups in total. The maximum atomic E-state index is 14.2. The number of carbonyl (C=O) groups excluding carboxylic acids is 3. The van der Waals surface area contributed by atoms with E-state index in [2.05, 4.69) is 4.94 Å². The molecule has 1 saturated heterocycles. The fourth-order valence-electron chi connectivity index (χ4n) is 6.56. The Labute approximate surface area is 276 Å². The number of allylic oxidation sites excluding steroid dienone is 1. The Balaban J connectivity index is 0.000000756. The zero-order valence-corrected chi connectivity index (χ0v) is 27.7. The predicted octanol–water partition coefficient (Wildman–Crippen LogP) is 5.29. The SMILES string of the molecule is CC(F)/C(=C(/N)COc1ccc(Cl)c2c1C(C)N(C(=O)C1CCCC[C@]1(C)C(=O)OF)CC2)N(N)CC(F)(F)F.CN1CCCC1=O. The van der Waals surface area contributed by atoms with E-state index in [1.165, 1.54) is 13.0 Å². The number of hydrazine groups is 1. The topological polar surface area (TPSA) is 131 Å². The standard InChI is InChI=1S/C26H34ClF5N4O4.C5H9NO/c1-14(28)22(36(34)13-26(29,30)31)19(33)12-39-20-8-7-18(27)16-9-11-35(15(2)21(16)20)23(37)17-6-4-5-10-25(17,3)24(38)40-32;1-6-4-2-3-5(6)7/h7-8,14-15,17H,4-6,9-13,33-34H2,1-3H3;2-4H2,1H3/b22-19-;/t14?,15?,17?,25-;/m0./s1. The molecule has 3 unspecified atom stereocenters. The quantitative estimate of drug-likeness (QED) is 0.213. The van der Waals surface area contributed by atoms with Crippen LogP contribution in [0.1, 0.15) is 76.5 Å². The van der Waals surface area contributed by atoms with Crippen LogP contribution < -0.4 is 16.3 Å². The lowest BCUT2D eigenvalue weighted by Gasteiger charge is -2.43. The second-order valence-corrected chi connectivity index (χ2v) is 12.9. The molecule has 2 heterocycles. The molecule has 3 aliphatic rings. The summed E-state index contributed by atoms with van der Waals surface area (Å²) in [7, 11) is 1.84. The highest BCUT2D eigenvalue weighted by atomic mass is 35.5. The van der Waals surface area contributed by atoms with Crippen molar-refractivity contribution in [2.45, 2.75) is 84.1 Å². The number of hydrogen-bond donors (Lipinski definition) is 2. The van der Waals surface area contributed by atoms with Crippen LogP contribution in [-0.2, 0) is 25.7 Å². The first-order valence-electron chi connectivity index (χ1n) is 15.5. The smallest absolute Gasteiger partial charge is 0.407 e. The van der Waals surface area contributed by atoms with Gasteiger partial charge in [-0.1, -0.05) is 24.4 Å². The van der Waals surface area contributed by atoms with Gasteiger partial charge in [0, 0.05) is 41.7 Å². The third-order valence-corrected chi connectivity index (χ3v) is 9.49. The highest BCUT2D eigenvalue weighted by molar-refractivity contribution is 6.31. The second-order valence-electron chi connectivity index (χ2n) is 12.5. The molecular weight excluding hydrogens is 653 g/mol. The van der Waals surface area contributed by atoms with Gasteiger partial charge in [0.2, 0.25) is 11.8 Å². The minimum absolute atomic E-state index is 0.202. The number of fused-ring (bicyclic) bond motifs is 1. The molecule has 2 fully saturated rings. The molecule has 1 aromatic carbocycles. The number of ether oxygens (including phenoxy) is 1. The molecule has 16 heteroatoms. The Morgan fingerprint density at radius 2 is 1.87 bits per heavy atom. The van der Waals surface area contributed by atoms with Crippen LogP contribution in [0.3, 0.4) is 0 Å². The largest absolute Gasteiger partial charge is 0.487 e. The van der Waals surface area contributed by atoms with E-state index in [4.69, 9.17) is 27.9 Å². The van der Waals surface area contributed by atoms with Crippen molar-refractivity contribution in [2.24, 2.45) is 22.9 Å². The van der Waals surface area contributed by atoms with Crippen molar-refractivity contribution in [1.29, 1.82) is 0 Å². The molecule has 0 radical (unpaired) electrons. The van der Waals surface area contributed by atoms with Crippen molar-refractivity contribution in [2.75, 3.05) is 33.3 Å². The number of benzene rings is 1. The second kappa shape index (κ2) is 15.7. The summed E-state index contributed by atoms with van der Waals surface area (Å²) in [5.74, 6) is 3.78. The summed E-state index contributed by atoms with van der Waals surface area (Å²) in [6.07, 6.45) is -2.41. The van der Waals surface area contributed by atoms with Crippen LogP contribution >= 0.6 is 11.6 Å². The number of likely N-dealkylation sites (tertiary alicyclic amines) is 1. The Hall–Kier alpha value is -3.33. The van der Waals surface area contributed by atoms with Gasteiger partial charge in [0.25, 0.3) is 0 Å². The number of hydrogen-bond acceptors (Lipinski definition) is 8. The van der Waals surface area contributed by atoms with Crippen LogP contribution in [0.25, 0.3) is 0 Å². The van der Waals surface area contributed by atoms with Crippen LogP contribution in [0.5, 0.6) is 5.75 Å². The Kier molecular flexibility index (Phi) is 12.7. The van der Waals surface area contributed by atoms with Gasteiger partial charge in [-0.05, 0) is 64.2 Å². The van der Waals surface area contributed by atoms with Gasteiger partial charge < -0.3 is 25.3 Å². The Morgan fingerprint density at radius 3 is 2.40 bits per heavy atom. The van der Waals surface area contributed by atoms with Crippen molar-refractivity contribution >= 4 is 29.4 Å². The molecule has 0 aromatic heterocycles. The number of rotatable bonds is 8. The molecule has 264 valence electrons. The zero-order valence-electron chi connectivity index (χ0n) is 27.0. The van der Waals surface area contributed by atoms with E-state index >= 15 is 0 Å². The summed E-state index contributed by atoms with van der Waals surface area (Å²) in [5.41, 5.74) is 4.94. The fraction of sp³-hybridized carbons (Fsp3) is 0.645. The first-order chi connectivity index (χ1) is 21.9. The van der Waals surface area contributed by atoms with Crippen LogP contribution in [0.4, 0.5) is 22.1 Å². The highest BCUT2D eigenvalue weighted by Gasteiger charge is 2.50. The van der Waals surface area contributed by atoms with Crippen LogP contribution in [0, 0.1) is 11.3 Å². The highest BCUT2D eigenvalue weighted by Crippen LogP contribution is 2.46. The van der Waals surface area contributed by atoms with Gasteiger partial charge in [-0.15, -0.1) is 0 Å². The summed E-state index contributed by atoms with van der Waals surface area (Å²) < 4.78 is 71.5. The Bertz CT molecular complexity index is 1350. The maximum Gasteiger partial charge on any atom is 0.407 e. The van der Waals surface area contributed by atoms with Crippen LogP contribution in [0.2, 0.25) is 5.02 Å². The van der Waals surface area contributed by atoms with E-state index in [1.54, 1.807) is 22.8 Å². The van der Waals surface area contributed by atoms with Gasteiger partial charge in [-0.3, -0.25) is 14.5 Å². The summed E-state index contributed by atoms with van der Waals surface area (Å²) >= 11 is 6.44. The van der Waals surface area contributed by atoms with E-state index in [0.29, 0.717) is 54.2 Å². The number of carbonyl (C=O) groups is 3. The van der Waals surface area contributed by atoms with Crippen molar-refractivity contribution in [3.63, 3.8) is 0 Å². The molecule has 2 amide bonds. The fourth-order valence-corrected chi connectivity index (χ4v) is 6.82. The first kappa shape index (κ1) is 38.1. The molecule has 1 aliphatic carbocycles. The number of halogens is 6. The number of nitrogens with two attached hydrogens (primary N) is 2. The van der Waals surface area contributed by atoms with Crippen molar-refractivity contribution in [3.8, 4) is 5.75 Å². The number of nitrogens with zero attached hydrogens (tertiary/aromatic N) is 3. The summed E-state index contributed by atoms with van der Waals surface area (Å²) in [5, 5.41) is 0.623. The average molecular weight is 696 g/mol. The molecule has 0 bridgehead atoms. The Morgan fingerprint density at radius 1 is 1.19 bits per heavy atom. The normalized spacial score (nSPS) is 24.0. The molecule has 10 nitrogen and oxygen atoms in total. The lowest BCUT2D eigenvalue weighted by atomic mass is 9.66. The molecule has 2 aliphatic heterocycles. The van der Waals surface area contributed by atoms with Gasteiger partial charge >= 0.3 is 12.1 Å². The molecule has 4 atom stereocenters. The summed E-state index contributed by atoms with van der Waals surface area (Å²) in [6.45, 7) is 3.41. The third-order valence-electron chi connectivity index (χ3n) is 9.13. The number of amides is 2. The third kappa shape index (κ3) is 8.98. The number of alkyl halides is 4. The van der Waals surface area contributed by atoms with Crippen molar-refractivity contribution in [3.05, 3.63) is 39.7 Å². The zero-order chi connectivity index (χ0) is 35.3. The van der Waals surface area contributed by atoms with E-state index in [1.807, 2.05) is 7.05 Å². The predicted molar refractivity (Wildman–Crippen MR) is 164 cm³/mol. The van der Waals surface area contributed by atoms with Crippen LogP contribution in [-0.4, -0.2) is 78.2 Å². The van der Waals surface area contributed by atoms with Crippen molar-refractivity contribution < 1.29 is 46.1 Å². The molecule has 47 heavy (non-hydrogen) atoms. The van der Waals surface area contributed by atoms with Gasteiger partial charge in [0.1, 0.15) is 25.1 Å². The van der Waals surface area contributed by atoms with E-state index < -0.39 is 54.5 Å². The molecule has 0 spiro atoms. The maximum absolute atomic E-state index is 14.2. The minimum atomic E-state index is -4.69. The van der Waals surface area contributed by atoms with Gasteiger partial charge in [0.15, 0.2) is 0 Å². The van der Waals surface area contributed by atoms with E-state index in [0.717, 1.165) is 26.3 Å². The average Bonchev–Trinajstić information content (AvgIpc) is 3.37. The lowest BCUT2D eigenvalue weighted by Crippen LogP contribution is -2.50.